The lowest BCUT2D eigenvalue weighted by atomic mass is 9.32. The molecule has 204 valence electrons. The van der Waals surface area contributed by atoms with Crippen LogP contribution >= 0.6 is 0 Å². The second kappa shape index (κ2) is 8.45. The molecule has 0 amide bonds. The fourth-order valence-electron chi connectivity index (χ4n) is 8.00. The van der Waals surface area contributed by atoms with E-state index >= 15 is 0 Å². The zero-order chi connectivity index (χ0) is 29.1. The number of hydrogen-bond acceptors (Lipinski definition) is 3. The number of fused-ring (bicyclic) bond motifs is 8. The summed E-state index contributed by atoms with van der Waals surface area (Å²) in [4.78, 5) is 30.2. The van der Waals surface area contributed by atoms with Crippen molar-refractivity contribution in [2.24, 2.45) is 0 Å². The molecule has 0 unspecified atom stereocenters. The maximum absolute atomic E-state index is 14.3. The lowest BCUT2D eigenvalue weighted by Crippen LogP contribution is -2.61. The highest BCUT2D eigenvalue weighted by Gasteiger charge is 2.40. The number of para-hydroxylation sites is 4. The van der Waals surface area contributed by atoms with Crippen LogP contribution in [0.25, 0.3) is 38.1 Å². The van der Waals surface area contributed by atoms with Gasteiger partial charge in [-0.3, -0.25) is 9.59 Å². The van der Waals surface area contributed by atoms with Crippen LogP contribution in [0.3, 0.4) is 0 Å². The van der Waals surface area contributed by atoms with Gasteiger partial charge in [0.15, 0.2) is 10.9 Å². The summed E-state index contributed by atoms with van der Waals surface area (Å²) in [6.07, 6.45) is 0.768. The summed E-state index contributed by atoms with van der Waals surface area (Å²) < 4.78 is 2.15. The maximum Gasteiger partial charge on any atom is 0.247 e. The smallest absolute Gasteiger partial charge is 0.247 e. The van der Waals surface area contributed by atoms with Gasteiger partial charge in [-0.15, -0.1) is 0 Å². The summed E-state index contributed by atoms with van der Waals surface area (Å²) in [5, 5.41) is 2.50. The first-order valence-electron chi connectivity index (χ1n) is 15.0. The van der Waals surface area contributed by atoms with Crippen molar-refractivity contribution in [2.75, 3.05) is 4.90 Å². The number of hydrogen-bond donors (Lipinski definition) is 0. The average molecular weight is 562 g/mol. The van der Waals surface area contributed by atoms with Crippen LogP contribution in [0.4, 0.5) is 17.1 Å². The largest absolute Gasteiger partial charge is 0.312 e. The molecule has 0 fully saturated rings. The number of pyridine rings is 2. The molecule has 8 aromatic rings. The Morgan fingerprint density at radius 1 is 0.523 bits per heavy atom. The molecule has 2 aromatic heterocycles. The molecule has 0 N–H and O–H groups in total. The minimum absolute atomic E-state index is 0.00200. The standard InChI is InChI=1S/C39H23BN2O2/c43-38-26-13-4-6-17-32(26)42-35-21-24-20-23-10-8-19-34-36(23)40(30-16-5-7-18-33(30)41(34)25-11-2-1-3-12-25)31(24)22-29(35)39(44)28-15-9-14-27(38)37(28)42/h1-19,21-22H,20H2. The topological polar surface area (TPSA) is 41.8 Å². The quantitative estimate of drug-likeness (QED) is 0.145. The second-order valence-corrected chi connectivity index (χ2v) is 12.0. The van der Waals surface area contributed by atoms with Crippen molar-refractivity contribution in [1.29, 1.82) is 0 Å². The van der Waals surface area contributed by atoms with E-state index in [0.717, 1.165) is 28.8 Å². The van der Waals surface area contributed by atoms with Crippen molar-refractivity contribution in [2.45, 2.75) is 6.42 Å². The monoisotopic (exact) mass is 562 g/mol. The number of rotatable bonds is 1. The first-order chi connectivity index (χ1) is 21.7. The highest BCUT2D eigenvalue weighted by Crippen LogP contribution is 2.38. The number of aromatic nitrogens is 1. The van der Waals surface area contributed by atoms with E-state index in [1.165, 1.54) is 33.2 Å². The lowest BCUT2D eigenvalue weighted by molar-refractivity contribution is 1.18. The van der Waals surface area contributed by atoms with Gasteiger partial charge in [-0.1, -0.05) is 78.3 Å². The highest BCUT2D eigenvalue weighted by molar-refractivity contribution is 6.99. The summed E-state index contributed by atoms with van der Waals surface area (Å²) in [7, 11) is 0. The summed E-state index contributed by atoms with van der Waals surface area (Å²) in [5.41, 5.74) is 12.0. The van der Waals surface area contributed by atoms with E-state index in [1.54, 1.807) is 0 Å². The molecule has 0 saturated heterocycles. The molecular weight excluding hydrogens is 539 g/mol. The van der Waals surface area contributed by atoms with E-state index in [4.69, 9.17) is 0 Å². The van der Waals surface area contributed by atoms with Gasteiger partial charge in [0.05, 0.1) is 16.6 Å². The van der Waals surface area contributed by atoms with Gasteiger partial charge >= 0.3 is 0 Å². The van der Waals surface area contributed by atoms with Crippen molar-refractivity contribution in [3.8, 4) is 0 Å². The molecule has 2 aliphatic heterocycles. The van der Waals surface area contributed by atoms with Crippen molar-refractivity contribution < 1.29 is 0 Å². The zero-order valence-electron chi connectivity index (χ0n) is 23.6. The minimum atomic E-state index is -0.0360. The van der Waals surface area contributed by atoms with Gasteiger partial charge in [-0.25, -0.2) is 0 Å². The Kier molecular flexibility index (Phi) is 4.58. The summed E-state index contributed by atoms with van der Waals surface area (Å²) >= 11 is 0. The van der Waals surface area contributed by atoms with Gasteiger partial charge in [0.1, 0.15) is 0 Å². The molecule has 0 aliphatic carbocycles. The maximum atomic E-state index is 14.3. The van der Waals surface area contributed by atoms with Crippen LogP contribution in [0.15, 0.2) is 137 Å². The molecule has 4 heterocycles. The minimum Gasteiger partial charge on any atom is -0.312 e. The van der Waals surface area contributed by atoms with Gasteiger partial charge in [-0.05, 0) is 83.1 Å². The third-order valence-electron chi connectivity index (χ3n) is 9.78. The molecule has 0 saturated carbocycles. The first-order valence-corrected chi connectivity index (χ1v) is 15.0. The van der Waals surface area contributed by atoms with Gasteiger partial charge in [0.2, 0.25) is 6.71 Å². The third kappa shape index (κ3) is 2.93. The fourth-order valence-corrected chi connectivity index (χ4v) is 8.00. The van der Waals surface area contributed by atoms with Crippen molar-refractivity contribution in [3.05, 3.63) is 159 Å². The van der Waals surface area contributed by atoms with Crippen LogP contribution in [0.5, 0.6) is 0 Å². The van der Waals surface area contributed by atoms with Crippen LogP contribution in [0.2, 0.25) is 0 Å². The Bertz CT molecular complexity index is 2650. The molecule has 0 spiro atoms. The Morgan fingerprint density at radius 3 is 2.07 bits per heavy atom. The predicted molar refractivity (Wildman–Crippen MR) is 182 cm³/mol. The van der Waals surface area contributed by atoms with E-state index in [-0.39, 0.29) is 17.6 Å². The average Bonchev–Trinajstić information content (AvgIpc) is 3.07. The number of nitrogens with zero attached hydrogens (tertiary/aromatic N) is 2. The van der Waals surface area contributed by atoms with Gasteiger partial charge in [-0.2, -0.15) is 0 Å². The van der Waals surface area contributed by atoms with E-state index in [0.29, 0.717) is 27.1 Å². The predicted octanol–water partition coefficient (Wildman–Crippen LogP) is 5.76. The van der Waals surface area contributed by atoms with Crippen LogP contribution < -0.4 is 32.1 Å². The zero-order valence-corrected chi connectivity index (χ0v) is 23.6. The van der Waals surface area contributed by atoms with E-state index in [9.17, 15) is 9.59 Å². The molecule has 0 atom stereocenters. The lowest BCUT2D eigenvalue weighted by Gasteiger charge is -2.40. The van der Waals surface area contributed by atoms with Crippen molar-refractivity contribution in [1.82, 2.24) is 4.40 Å². The summed E-state index contributed by atoms with van der Waals surface area (Å²) in [6.45, 7) is 0.00200. The Morgan fingerprint density at radius 2 is 1.20 bits per heavy atom. The Hall–Kier alpha value is -5.68. The molecule has 4 nitrogen and oxygen atoms in total. The third-order valence-corrected chi connectivity index (χ3v) is 9.78. The fraction of sp³-hybridized carbons (Fsp3) is 0.0256. The number of anilines is 3. The van der Waals surface area contributed by atoms with E-state index in [2.05, 4.69) is 94.2 Å². The van der Waals surface area contributed by atoms with E-state index < -0.39 is 0 Å². The van der Waals surface area contributed by atoms with Crippen LogP contribution in [0, 0.1) is 0 Å². The SMILES string of the molecule is O=c1c2ccccc2n2c3cc4c(cc3c(=O)c3cccc1c32)B1c2ccccc2N(c2ccccc2)c2cccc(c21)C4. The Labute approximate surface area is 252 Å². The van der Waals surface area contributed by atoms with Crippen LogP contribution in [-0.2, 0) is 6.42 Å². The molecular formula is C39H23BN2O2. The first kappa shape index (κ1) is 23.8. The van der Waals surface area contributed by atoms with Crippen LogP contribution in [0.1, 0.15) is 11.1 Å². The molecule has 6 aromatic carbocycles. The molecule has 44 heavy (non-hydrogen) atoms. The molecule has 0 radical (unpaired) electrons. The summed E-state index contributed by atoms with van der Waals surface area (Å²) in [5.74, 6) is 0. The normalized spacial score (nSPS) is 13.5. The second-order valence-electron chi connectivity index (χ2n) is 12.0. The molecule has 2 aliphatic rings. The summed E-state index contributed by atoms with van der Waals surface area (Å²) in [6, 6.07) is 43.5. The Balaban J connectivity index is 1.34. The van der Waals surface area contributed by atoms with Gasteiger partial charge < -0.3 is 9.30 Å². The van der Waals surface area contributed by atoms with Crippen molar-refractivity contribution in [3.63, 3.8) is 0 Å². The van der Waals surface area contributed by atoms with E-state index in [1.807, 2.05) is 42.5 Å². The molecule has 10 rings (SSSR count). The van der Waals surface area contributed by atoms with Gasteiger partial charge in [0, 0.05) is 38.6 Å². The van der Waals surface area contributed by atoms with Crippen molar-refractivity contribution >= 4 is 78.3 Å². The highest BCUT2D eigenvalue weighted by atomic mass is 16.1. The number of benzene rings is 6. The molecule has 5 heteroatoms. The van der Waals surface area contributed by atoms with Crippen LogP contribution in [-0.4, -0.2) is 11.1 Å². The molecule has 0 bridgehead atoms. The van der Waals surface area contributed by atoms with Gasteiger partial charge in [0.25, 0.3) is 0 Å².